The first-order valence-electron chi connectivity index (χ1n) is 8.40. The van der Waals surface area contributed by atoms with Gasteiger partial charge in [-0.1, -0.05) is 11.2 Å². The number of hydrogen-bond acceptors (Lipinski definition) is 5. The number of aromatic nitrogens is 1. The third-order valence-corrected chi connectivity index (χ3v) is 5.52. The molecule has 3 fully saturated rings. The second kappa shape index (κ2) is 4.93. The van der Waals surface area contributed by atoms with Crippen LogP contribution in [0.25, 0.3) is 10.9 Å². The van der Waals surface area contributed by atoms with E-state index in [2.05, 4.69) is 38.6 Å². The average molecular weight is 308 g/mol. The number of pyridine rings is 1. The average Bonchev–Trinajstić information content (AvgIpc) is 2.98. The lowest BCUT2D eigenvalue weighted by Gasteiger charge is -2.49. The molecule has 0 aliphatic carbocycles. The molecule has 5 heteroatoms. The summed E-state index contributed by atoms with van der Waals surface area (Å²) in [6.07, 6.45) is 5.19. The monoisotopic (exact) mass is 308 g/mol. The van der Waals surface area contributed by atoms with Crippen molar-refractivity contribution < 1.29 is 4.84 Å². The maximum Gasteiger partial charge on any atom is 0.160 e. The minimum atomic E-state index is -0.0861. The van der Waals surface area contributed by atoms with E-state index in [-0.39, 0.29) is 5.60 Å². The second-order valence-electron chi connectivity index (χ2n) is 6.96. The Morgan fingerprint density at radius 1 is 1.22 bits per heavy atom. The number of benzene rings is 1. The third-order valence-electron chi connectivity index (χ3n) is 5.52. The number of nitrogens with zero attached hydrogens (tertiary/aromatic N) is 3. The minimum Gasteiger partial charge on any atom is -0.386 e. The van der Waals surface area contributed by atoms with Gasteiger partial charge < -0.3 is 10.2 Å². The number of nitrogens with one attached hydrogen (secondary N) is 1. The fourth-order valence-corrected chi connectivity index (χ4v) is 4.31. The van der Waals surface area contributed by atoms with Crippen LogP contribution < -0.4 is 5.32 Å². The van der Waals surface area contributed by atoms with Crippen LogP contribution in [0.3, 0.4) is 0 Å². The highest BCUT2D eigenvalue weighted by atomic mass is 16.7. The number of hydrogen-bond donors (Lipinski definition) is 1. The van der Waals surface area contributed by atoms with Crippen LogP contribution >= 0.6 is 0 Å². The summed E-state index contributed by atoms with van der Waals surface area (Å²) in [7, 11) is 0. The van der Waals surface area contributed by atoms with Gasteiger partial charge in [0.1, 0.15) is 0 Å². The summed E-state index contributed by atoms with van der Waals surface area (Å²) in [5, 5.41) is 8.95. The first kappa shape index (κ1) is 13.3. The van der Waals surface area contributed by atoms with Gasteiger partial charge in [-0.05, 0) is 50.2 Å². The van der Waals surface area contributed by atoms with Gasteiger partial charge in [0.25, 0.3) is 0 Å². The number of oxime groups is 1. The predicted molar refractivity (Wildman–Crippen MR) is 90.4 cm³/mol. The highest BCUT2D eigenvalue weighted by Gasteiger charge is 2.52. The molecule has 23 heavy (non-hydrogen) atoms. The molecule has 0 saturated carbocycles. The molecule has 4 aliphatic rings. The molecule has 5 heterocycles. The van der Waals surface area contributed by atoms with Gasteiger partial charge in [0.2, 0.25) is 0 Å². The van der Waals surface area contributed by atoms with Crippen LogP contribution in [0.1, 0.15) is 19.3 Å². The third kappa shape index (κ3) is 2.18. The van der Waals surface area contributed by atoms with Crippen LogP contribution in [0, 0.1) is 5.92 Å². The van der Waals surface area contributed by atoms with E-state index in [1.54, 1.807) is 0 Å². The van der Waals surface area contributed by atoms with Gasteiger partial charge >= 0.3 is 0 Å². The smallest absolute Gasteiger partial charge is 0.160 e. The van der Waals surface area contributed by atoms with E-state index >= 15 is 0 Å². The normalized spacial score (nSPS) is 32.1. The molecule has 2 aromatic rings. The highest BCUT2D eigenvalue weighted by Crippen LogP contribution is 2.43. The molecule has 0 radical (unpaired) electrons. The SMILES string of the molecule is c1cnc2ccc(NC3=NO[C@@]4(C3)CN3CCC4CC3)cc2c1. The van der Waals surface area contributed by atoms with Crippen LogP contribution in [-0.2, 0) is 4.84 Å². The van der Waals surface area contributed by atoms with Crippen LogP contribution in [-0.4, -0.2) is 41.0 Å². The van der Waals surface area contributed by atoms with Crippen LogP contribution in [0.5, 0.6) is 0 Å². The number of piperidine rings is 3. The van der Waals surface area contributed by atoms with Crippen molar-refractivity contribution in [1.29, 1.82) is 0 Å². The summed E-state index contributed by atoms with van der Waals surface area (Å²) < 4.78 is 0. The Hall–Kier alpha value is -2.14. The lowest BCUT2D eigenvalue weighted by atomic mass is 9.73. The molecule has 0 unspecified atom stereocenters. The van der Waals surface area contributed by atoms with Gasteiger partial charge in [-0.15, -0.1) is 0 Å². The molecule has 2 bridgehead atoms. The van der Waals surface area contributed by atoms with Gasteiger partial charge in [-0.3, -0.25) is 9.88 Å². The quantitative estimate of drug-likeness (QED) is 0.880. The van der Waals surface area contributed by atoms with Gasteiger partial charge in [0, 0.05) is 29.7 Å². The van der Waals surface area contributed by atoms with E-state index in [1.165, 1.54) is 25.9 Å². The predicted octanol–water partition coefficient (Wildman–Crippen LogP) is 2.84. The first-order chi connectivity index (χ1) is 11.3. The number of amidine groups is 1. The number of fused-ring (bicyclic) bond motifs is 3. The molecular formula is C18H20N4O. The van der Waals surface area contributed by atoms with E-state index in [9.17, 15) is 0 Å². The maximum atomic E-state index is 5.96. The molecule has 1 N–H and O–H groups in total. The van der Waals surface area contributed by atoms with Crippen LogP contribution in [0.15, 0.2) is 41.7 Å². The Labute approximate surface area is 135 Å². The van der Waals surface area contributed by atoms with Crippen LogP contribution in [0.2, 0.25) is 0 Å². The summed E-state index contributed by atoms with van der Waals surface area (Å²) in [5.41, 5.74) is 1.97. The van der Waals surface area contributed by atoms with Gasteiger partial charge in [0.15, 0.2) is 11.4 Å². The van der Waals surface area contributed by atoms with Crippen molar-refractivity contribution in [3.05, 3.63) is 36.5 Å². The molecule has 1 atom stereocenters. The van der Waals surface area contributed by atoms with Crippen molar-refractivity contribution >= 4 is 22.4 Å². The minimum absolute atomic E-state index is 0.0861. The Kier molecular flexibility index (Phi) is 2.85. The number of rotatable bonds is 1. The molecule has 1 aromatic heterocycles. The molecule has 6 rings (SSSR count). The molecule has 0 amide bonds. The summed E-state index contributed by atoms with van der Waals surface area (Å²) >= 11 is 0. The standard InChI is InChI=1S/C18H20N4O/c1-2-13-10-15(3-4-16(13)19-7-1)20-17-11-18(23-21-17)12-22-8-5-14(18)6-9-22/h1-4,7,10,14H,5-6,8-9,11-12H2,(H,20,21)/t18-/m0/s1. The van der Waals surface area contributed by atoms with Gasteiger partial charge in [-0.2, -0.15) is 0 Å². The van der Waals surface area contributed by atoms with Crippen molar-refractivity contribution in [2.45, 2.75) is 24.9 Å². The van der Waals surface area contributed by atoms with E-state index in [0.717, 1.165) is 35.4 Å². The van der Waals surface area contributed by atoms with Crippen molar-refractivity contribution in [2.75, 3.05) is 25.0 Å². The molecule has 118 valence electrons. The van der Waals surface area contributed by atoms with Crippen molar-refractivity contribution in [2.24, 2.45) is 11.1 Å². The Morgan fingerprint density at radius 2 is 2.13 bits per heavy atom. The zero-order valence-corrected chi connectivity index (χ0v) is 13.0. The maximum absolute atomic E-state index is 5.96. The summed E-state index contributed by atoms with van der Waals surface area (Å²) in [6, 6.07) is 10.3. The lowest BCUT2D eigenvalue weighted by Crippen LogP contribution is -2.59. The Balaban J connectivity index is 1.35. The molecule has 5 nitrogen and oxygen atoms in total. The molecule has 1 aromatic carbocycles. The summed E-state index contributed by atoms with van der Waals surface area (Å²) in [5.74, 6) is 1.60. The van der Waals surface area contributed by atoms with Crippen molar-refractivity contribution in [3.63, 3.8) is 0 Å². The van der Waals surface area contributed by atoms with Gasteiger partial charge in [-0.25, -0.2) is 0 Å². The van der Waals surface area contributed by atoms with E-state index in [4.69, 9.17) is 4.84 Å². The zero-order chi connectivity index (χ0) is 15.3. The summed E-state index contributed by atoms with van der Waals surface area (Å²) in [6.45, 7) is 3.46. The molecule has 4 aliphatic heterocycles. The van der Waals surface area contributed by atoms with Crippen molar-refractivity contribution in [3.8, 4) is 0 Å². The molecular weight excluding hydrogens is 288 g/mol. The zero-order valence-electron chi connectivity index (χ0n) is 13.0. The van der Waals surface area contributed by atoms with E-state index < -0.39 is 0 Å². The topological polar surface area (TPSA) is 49.8 Å². The molecule has 3 saturated heterocycles. The van der Waals surface area contributed by atoms with Gasteiger partial charge in [0.05, 0.1) is 11.9 Å². The van der Waals surface area contributed by atoms with Crippen molar-refractivity contribution in [1.82, 2.24) is 9.88 Å². The van der Waals surface area contributed by atoms with E-state index in [0.29, 0.717) is 5.92 Å². The lowest BCUT2D eigenvalue weighted by molar-refractivity contribution is -0.136. The van der Waals surface area contributed by atoms with E-state index in [1.807, 2.05) is 18.3 Å². The Morgan fingerprint density at radius 3 is 2.96 bits per heavy atom. The largest absolute Gasteiger partial charge is 0.386 e. The fraction of sp³-hybridized carbons (Fsp3) is 0.444. The summed E-state index contributed by atoms with van der Waals surface area (Å²) in [4.78, 5) is 12.8. The molecule has 1 spiro atoms. The first-order valence-corrected chi connectivity index (χ1v) is 8.40. The Bertz CT molecular complexity index is 781. The second-order valence-corrected chi connectivity index (χ2v) is 6.96. The highest BCUT2D eigenvalue weighted by molar-refractivity contribution is 5.98. The fourth-order valence-electron chi connectivity index (χ4n) is 4.31. The van der Waals surface area contributed by atoms with Crippen LogP contribution in [0.4, 0.5) is 5.69 Å². The number of anilines is 1.